The molecule has 0 fully saturated rings. The van der Waals surface area contributed by atoms with Crippen molar-refractivity contribution in [2.75, 3.05) is 31.7 Å². The minimum atomic E-state index is -0.150. The number of benzene rings is 3. The quantitative estimate of drug-likeness (QED) is 0.509. The highest BCUT2D eigenvalue weighted by molar-refractivity contribution is 6.06. The number of carbonyl (C=O) groups is 1. The topological polar surface area (TPSA) is 79.8 Å². The lowest BCUT2D eigenvalue weighted by Crippen LogP contribution is -2.17. The molecular formula is C25H26N2O4. The van der Waals surface area contributed by atoms with E-state index >= 15 is 0 Å². The Labute approximate surface area is 181 Å². The van der Waals surface area contributed by atoms with Crippen molar-refractivity contribution in [2.45, 2.75) is 13.5 Å². The van der Waals surface area contributed by atoms with Crippen molar-refractivity contribution in [3.63, 3.8) is 0 Å². The third-order valence-corrected chi connectivity index (χ3v) is 5.26. The van der Waals surface area contributed by atoms with Crippen LogP contribution in [0.1, 0.15) is 21.5 Å². The summed E-state index contributed by atoms with van der Waals surface area (Å²) < 4.78 is 11.3. The van der Waals surface area contributed by atoms with Crippen LogP contribution >= 0.6 is 0 Å². The number of aliphatic hydroxyl groups excluding tert-OH is 1. The molecule has 31 heavy (non-hydrogen) atoms. The molecule has 0 saturated carbocycles. The average molecular weight is 418 g/mol. The number of hydrogen-bond acceptors (Lipinski definition) is 5. The number of nitrogens with one attached hydrogen (secondary N) is 2. The van der Waals surface area contributed by atoms with E-state index < -0.39 is 0 Å². The van der Waals surface area contributed by atoms with Crippen LogP contribution in [0.3, 0.4) is 0 Å². The molecule has 0 aromatic heterocycles. The van der Waals surface area contributed by atoms with Gasteiger partial charge in [-0.1, -0.05) is 30.3 Å². The molecule has 1 aliphatic heterocycles. The maximum atomic E-state index is 13.0. The van der Waals surface area contributed by atoms with Crippen LogP contribution in [0.5, 0.6) is 11.5 Å². The van der Waals surface area contributed by atoms with Gasteiger partial charge in [0.1, 0.15) is 13.2 Å². The van der Waals surface area contributed by atoms with E-state index in [1.54, 1.807) is 0 Å². The van der Waals surface area contributed by atoms with E-state index in [0.717, 1.165) is 39.4 Å². The summed E-state index contributed by atoms with van der Waals surface area (Å²) in [6, 6.07) is 19.3. The summed E-state index contributed by atoms with van der Waals surface area (Å²) in [6.45, 7) is 4.38. The molecule has 0 bridgehead atoms. The maximum absolute atomic E-state index is 13.0. The molecule has 0 saturated heterocycles. The highest BCUT2D eigenvalue weighted by Crippen LogP contribution is 2.36. The second-order valence-electron chi connectivity index (χ2n) is 7.39. The van der Waals surface area contributed by atoms with Crippen LogP contribution in [-0.2, 0) is 6.54 Å². The van der Waals surface area contributed by atoms with Crippen LogP contribution in [0.2, 0.25) is 0 Å². The third-order valence-electron chi connectivity index (χ3n) is 5.26. The first kappa shape index (κ1) is 20.9. The Balaban J connectivity index is 1.50. The van der Waals surface area contributed by atoms with Crippen LogP contribution in [0, 0.1) is 6.92 Å². The van der Waals surface area contributed by atoms with Gasteiger partial charge in [0.15, 0.2) is 11.5 Å². The minimum Gasteiger partial charge on any atom is -0.486 e. The van der Waals surface area contributed by atoms with Crippen molar-refractivity contribution >= 4 is 11.6 Å². The van der Waals surface area contributed by atoms with Crippen molar-refractivity contribution in [1.29, 1.82) is 0 Å². The summed E-state index contributed by atoms with van der Waals surface area (Å²) in [5.41, 5.74) is 5.32. The number of aliphatic hydroxyl groups is 1. The van der Waals surface area contributed by atoms with Crippen LogP contribution < -0.4 is 20.1 Å². The fourth-order valence-electron chi connectivity index (χ4n) is 3.62. The number of hydrogen-bond donors (Lipinski definition) is 3. The molecule has 6 heteroatoms. The standard InChI is InChI=1S/C25H26N2O4/c1-17-21(19-7-10-23-24(15-19)31-14-13-30-23)3-2-4-22(17)25(29)27-20-8-5-18(6-9-20)16-26-11-12-28/h2-10,15,26,28H,11-14,16H2,1H3,(H,27,29). The molecule has 3 N–H and O–H groups in total. The second kappa shape index (κ2) is 9.64. The van der Waals surface area contributed by atoms with Gasteiger partial charge in [-0.05, 0) is 59.5 Å². The highest BCUT2D eigenvalue weighted by atomic mass is 16.6. The van der Waals surface area contributed by atoms with E-state index in [1.165, 1.54) is 0 Å². The highest BCUT2D eigenvalue weighted by Gasteiger charge is 2.16. The predicted octanol–water partition coefficient (Wildman–Crippen LogP) is 3.77. The molecule has 0 unspecified atom stereocenters. The van der Waals surface area contributed by atoms with Gasteiger partial charge in [-0.3, -0.25) is 4.79 Å². The smallest absolute Gasteiger partial charge is 0.255 e. The molecular weight excluding hydrogens is 392 g/mol. The summed E-state index contributed by atoms with van der Waals surface area (Å²) in [7, 11) is 0. The van der Waals surface area contributed by atoms with Gasteiger partial charge in [-0.2, -0.15) is 0 Å². The third kappa shape index (κ3) is 4.87. The first-order valence-corrected chi connectivity index (χ1v) is 10.4. The minimum absolute atomic E-state index is 0.110. The SMILES string of the molecule is Cc1c(C(=O)Nc2ccc(CNCCO)cc2)cccc1-c1ccc2c(c1)OCCO2. The fourth-order valence-corrected chi connectivity index (χ4v) is 3.62. The Kier molecular flexibility index (Phi) is 6.50. The molecule has 3 aromatic carbocycles. The van der Waals surface area contributed by atoms with Crippen LogP contribution in [0.15, 0.2) is 60.7 Å². The zero-order valence-electron chi connectivity index (χ0n) is 17.5. The van der Waals surface area contributed by atoms with E-state index in [-0.39, 0.29) is 12.5 Å². The van der Waals surface area contributed by atoms with Crippen molar-refractivity contribution in [3.8, 4) is 22.6 Å². The molecule has 1 amide bonds. The lowest BCUT2D eigenvalue weighted by Gasteiger charge is -2.19. The summed E-state index contributed by atoms with van der Waals surface area (Å²) in [5.74, 6) is 1.33. The Morgan fingerprint density at radius 3 is 2.55 bits per heavy atom. The molecule has 3 aromatic rings. The van der Waals surface area contributed by atoms with Crippen molar-refractivity contribution in [3.05, 3.63) is 77.4 Å². The number of amides is 1. The predicted molar refractivity (Wildman–Crippen MR) is 121 cm³/mol. The van der Waals surface area contributed by atoms with Gasteiger partial charge in [0.25, 0.3) is 5.91 Å². The molecule has 1 aliphatic rings. The molecule has 1 heterocycles. The van der Waals surface area contributed by atoms with Crippen molar-refractivity contribution < 1.29 is 19.4 Å². The van der Waals surface area contributed by atoms with Crippen LogP contribution in [-0.4, -0.2) is 37.4 Å². The Morgan fingerprint density at radius 1 is 1.00 bits per heavy atom. The van der Waals surface area contributed by atoms with Gasteiger partial charge in [-0.15, -0.1) is 0 Å². The molecule has 0 spiro atoms. The Morgan fingerprint density at radius 2 is 1.77 bits per heavy atom. The average Bonchev–Trinajstić information content (AvgIpc) is 2.80. The lowest BCUT2D eigenvalue weighted by atomic mass is 9.95. The van der Waals surface area contributed by atoms with Gasteiger partial charge in [0.2, 0.25) is 0 Å². The molecule has 0 aliphatic carbocycles. The summed E-state index contributed by atoms with van der Waals surface area (Å²) in [4.78, 5) is 13.0. The molecule has 4 rings (SSSR count). The normalized spacial score (nSPS) is 12.5. The number of rotatable bonds is 7. The van der Waals surface area contributed by atoms with Crippen molar-refractivity contribution in [1.82, 2.24) is 5.32 Å². The van der Waals surface area contributed by atoms with E-state index in [1.807, 2.05) is 67.6 Å². The zero-order valence-corrected chi connectivity index (χ0v) is 17.5. The lowest BCUT2D eigenvalue weighted by molar-refractivity contribution is 0.102. The number of fused-ring (bicyclic) bond motifs is 1. The largest absolute Gasteiger partial charge is 0.486 e. The summed E-state index contributed by atoms with van der Waals surface area (Å²) in [5, 5.41) is 15.0. The number of ether oxygens (including phenoxy) is 2. The van der Waals surface area contributed by atoms with E-state index in [4.69, 9.17) is 14.6 Å². The van der Waals surface area contributed by atoms with Crippen LogP contribution in [0.4, 0.5) is 5.69 Å². The van der Waals surface area contributed by atoms with Gasteiger partial charge in [0.05, 0.1) is 6.61 Å². The summed E-state index contributed by atoms with van der Waals surface area (Å²) in [6.07, 6.45) is 0. The molecule has 160 valence electrons. The first-order chi connectivity index (χ1) is 15.2. The molecule has 6 nitrogen and oxygen atoms in total. The zero-order chi connectivity index (χ0) is 21.6. The number of anilines is 1. The summed E-state index contributed by atoms with van der Waals surface area (Å²) >= 11 is 0. The molecule has 0 atom stereocenters. The van der Waals surface area contributed by atoms with Gasteiger partial charge >= 0.3 is 0 Å². The van der Waals surface area contributed by atoms with Crippen molar-refractivity contribution in [2.24, 2.45) is 0 Å². The first-order valence-electron chi connectivity index (χ1n) is 10.4. The second-order valence-corrected chi connectivity index (χ2v) is 7.39. The van der Waals surface area contributed by atoms with E-state index in [9.17, 15) is 4.79 Å². The Hall–Kier alpha value is -3.35. The monoisotopic (exact) mass is 418 g/mol. The fraction of sp³-hybridized carbons (Fsp3) is 0.240. The maximum Gasteiger partial charge on any atom is 0.255 e. The van der Waals surface area contributed by atoms with E-state index in [0.29, 0.717) is 31.9 Å². The van der Waals surface area contributed by atoms with E-state index in [2.05, 4.69) is 10.6 Å². The molecule has 0 radical (unpaired) electrons. The number of carbonyl (C=O) groups excluding carboxylic acids is 1. The Bertz CT molecular complexity index is 1060. The van der Waals surface area contributed by atoms with Gasteiger partial charge in [-0.25, -0.2) is 0 Å². The van der Waals surface area contributed by atoms with Gasteiger partial charge < -0.3 is 25.2 Å². The van der Waals surface area contributed by atoms with Crippen LogP contribution in [0.25, 0.3) is 11.1 Å². The van der Waals surface area contributed by atoms with Gasteiger partial charge in [0, 0.05) is 24.3 Å².